The third kappa shape index (κ3) is 3.64. The van der Waals surface area contributed by atoms with Crippen LogP contribution in [0.2, 0.25) is 0 Å². The Morgan fingerprint density at radius 3 is 2.36 bits per heavy atom. The van der Waals surface area contributed by atoms with Crippen LogP contribution in [0.25, 0.3) is 0 Å². The van der Waals surface area contributed by atoms with E-state index in [4.69, 9.17) is 10.00 Å². The van der Waals surface area contributed by atoms with Gasteiger partial charge in [-0.2, -0.15) is 5.26 Å². The number of benzene rings is 2. The van der Waals surface area contributed by atoms with Crippen molar-refractivity contribution < 1.29 is 9.53 Å². The van der Waals surface area contributed by atoms with E-state index in [1.54, 1.807) is 36.1 Å². The number of anilines is 1. The Labute approximate surface area is 130 Å². The highest BCUT2D eigenvalue weighted by atomic mass is 16.5. The second-order valence-electron chi connectivity index (χ2n) is 4.81. The number of hydrogen-bond acceptors (Lipinski definition) is 3. The summed E-state index contributed by atoms with van der Waals surface area (Å²) >= 11 is 0. The van der Waals surface area contributed by atoms with Gasteiger partial charge in [-0.25, -0.2) is 0 Å². The van der Waals surface area contributed by atoms with Gasteiger partial charge in [-0.1, -0.05) is 18.2 Å². The van der Waals surface area contributed by atoms with E-state index in [0.717, 1.165) is 5.69 Å². The Hall–Kier alpha value is -2.80. The third-order valence-corrected chi connectivity index (χ3v) is 3.29. The van der Waals surface area contributed by atoms with Gasteiger partial charge in [-0.15, -0.1) is 0 Å². The molecule has 0 radical (unpaired) electrons. The van der Waals surface area contributed by atoms with Crippen molar-refractivity contribution in [3.05, 3.63) is 60.2 Å². The summed E-state index contributed by atoms with van der Waals surface area (Å²) in [4.78, 5) is 14.2. The van der Waals surface area contributed by atoms with Crippen molar-refractivity contribution in [3.8, 4) is 11.8 Å². The first kappa shape index (κ1) is 15.6. The van der Waals surface area contributed by atoms with Crippen LogP contribution in [0.1, 0.15) is 19.4 Å². The molecule has 2 aromatic carbocycles. The molecule has 0 N–H and O–H groups in total. The van der Waals surface area contributed by atoms with Crippen LogP contribution in [0, 0.1) is 11.3 Å². The number of nitrogens with zero attached hydrogens (tertiary/aromatic N) is 2. The molecule has 0 spiro atoms. The third-order valence-electron chi connectivity index (χ3n) is 3.29. The van der Waals surface area contributed by atoms with E-state index in [0.29, 0.717) is 17.9 Å². The van der Waals surface area contributed by atoms with Gasteiger partial charge in [0.15, 0.2) is 6.10 Å². The zero-order valence-corrected chi connectivity index (χ0v) is 12.7. The van der Waals surface area contributed by atoms with Crippen molar-refractivity contribution >= 4 is 11.6 Å². The number of carbonyl (C=O) groups is 1. The van der Waals surface area contributed by atoms with E-state index in [-0.39, 0.29) is 5.91 Å². The highest BCUT2D eigenvalue weighted by molar-refractivity contribution is 5.96. The lowest BCUT2D eigenvalue weighted by Gasteiger charge is -2.25. The number of amides is 1. The van der Waals surface area contributed by atoms with Gasteiger partial charge in [0.25, 0.3) is 5.91 Å². The molecule has 4 nitrogen and oxygen atoms in total. The number of para-hydroxylation sites is 1. The quantitative estimate of drug-likeness (QED) is 0.849. The van der Waals surface area contributed by atoms with E-state index in [9.17, 15) is 4.79 Å². The molecule has 0 saturated heterocycles. The maximum Gasteiger partial charge on any atom is 0.267 e. The maximum absolute atomic E-state index is 12.6. The number of ether oxygens (including phenoxy) is 1. The minimum Gasteiger partial charge on any atom is -0.481 e. The van der Waals surface area contributed by atoms with Crippen molar-refractivity contribution in [2.75, 3.05) is 11.4 Å². The van der Waals surface area contributed by atoms with Crippen molar-refractivity contribution in [1.82, 2.24) is 0 Å². The molecule has 0 aliphatic heterocycles. The molecular weight excluding hydrogens is 276 g/mol. The van der Waals surface area contributed by atoms with Gasteiger partial charge in [-0.05, 0) is 50.2 Å². The minimum atomic E-state index is -0.604. The van der Waals surface area contributed by atoms with E-state index in [2.05, 4.69) is 0 Å². The molecule has 1 atom stereocenters. The molecule has 112 valence electrons. The SMILES string of the molecule is CCN(C(=O)[C@H](C)Oc1ccc(C#N)cc1)c1ccccc1. The second kappa shape index (κ2) is 7.28. The highest BCUT2D eigenvalue weighted by Crippen LogP contribution is 2.18. The summed E-state index contributed by atoms with van der Waals surface area (Å²) in [5, 5.41) is 8.78. The van der Waals surface area contributed by atoms with E-state index in [1.807, 2.05) is 43.3 Å². The Kier molecular flexibility index (Phi) is 5.16. The minimum absolute atomic E-state index is 0.0990. The second-order valence-corrected chi connectivity index (χ2v) is 4.81. The first-order valence-electron chi connectivity index (χ1n) is 7.19. The fourth-order valence-electron chi connectivity index (χ4n) is 2.16. The molecule has 0 bridgehead atoms. The fourth-order valence-corrected chi connectivity index (χ4v) is 2.16. The summed E-state index contributed by atoms with van der Waals surface area (Å²) in [6.45, 7) is 4.23. The predicted molar refractivity (Wildman–Crippen MR) is 85.7 cm³/mol. The largest absolute Gasteiger partial charge is 0.481 e. The molecule has 2 rings (SSSR count). The lowest BCUT2D eigenvalue weighted by molar-refractivity contribution is -0.124. The molecule has 4 heteroatoms. The molecule has 0 fully saturated rings. The van der Waals surface area contributed by atoms with Gasteiger partial charge in [-0.3, -0.25) is 4.79 Å². The van der Waals surface area contributed by atoms with Crippen molar-refractivity contribution in [2.24, 2.45) is 0 Å². The van der Waals surface area contributed by atoms with Crippen molar-refractivity contribution in [2.45, 2.75) is 20.0 Å². The Morgan fingerprint density at radius 1 is 1.18 bits per heavy atom. The van der Waals surface area contributed by atoms with Gasteiger partial charge >= 0.3 is 0 Å². The zero-order valence-electron chi connectivity index (χ0n) is 12.7. The summed E-state index contributed by atoms with van der Waals surface area (Å²) < 4.78 is 5.68. The van der Waals surface area contributed by atoms with Crippen LogP contribution in [0.5, 0.6) is 5.75 Å². The number of carbonyl (C=O) groups excluding carboxylic acids is 1. The van der Waals surface area contributed by atoms with Gasteiger partial charge < -0.3 is 9.64 Å². The number of likely N-dealkylation sites (N-methyl/N-ethyl adjacent to an activating group) is 1. The summed E-state index contributed by atoms with van der Waals surface area (Å²) in [6.07, 6.45) is -0.604. The molecule has 1 amide bonds. The normalized spacial score (nSPS) is 11.3. The average Bonchev–Trinajstić information content (AvgIpc) is 2.57. The van der Waals surface area contributed by atoms with E-state index in [1.165, 1.54) is 0 Å². The van der Waals surface area contributed by atoms with Crippen LogP contribution in [0.3, 0.4) is 0 Å². The topological polar surface area (TPSA) is 53.3 Å². The standard InChI is InChI=1S/C18H18N2O2/c1-3-20(16-7-5-4-6-8-16)18(21)14(2)22-17-11-9-15(13-19)10-12-17/h4-12,14H,3H2,1-2H3/t14-/m0/s1. The van der Waals surface area contributed by atoms with Crippen LogP contribution in [-0.2, 0) is 4.79 Å². The van der Waals surface area contributed by atoms with Crippen LogP contribution < -0.4 is 9.64 Å². The molecule has 0 aliphatic carbocycles. The molecular formula is C18H18N2O2. The van der Waals surface area contributed by atoms with Gasteiger partial charge in [0.05, 0.1) is 11.6 Å². The van der Waals surface area contributed by atoms with Crippen LogP contribution >= 0.6 is 0 Å². The van der Waals surface area contributed by atoms with Crippen molar-refractivity contribution in [3.63, 3.8) is 0 Å². The molecule has 22 heavy (non-hydrogen) atoms. The molecule has 0 aliphatic rings. The fraction of sp³-hybridized carbons (Fsp3) is 0.222. The monoisotopic (exact) mass is 294 g/mol. The molecule has 0 saturated carbocycles. The highest BCUT2D eigenvalue weighted by Gasteiger charge is 2.22. The number of hydrogen-bond donors (Lipinski definition) is 0. The molecule has 0 heterocycles. The average molecular weight is 294 g/mol. The lowest BCUT2D eigenvalue weighted by atomic mass is 10.2. The maximum atomic E-state index is 12.6. The molecule has 0 unspecified atom stereocenters. The lowest BCUT2D eigenvalue weighted by Crippen LogP contribution is -2.40. The van der Waals surface area contributed by atoms with Crippen LogP contribution in [0.4, 0.5) is 5.69 Å². The number of nitriles is 1. The van der Waals surface area contributed by atoms with Crippen molar-refractivity contribution in [1.29, 1.82) is 5.26 Å². The Bertz CT molecular complexity index is 660. The smallest absolute Gasteiger partial charge is 0.267 e. The van der Waals surface area contributed by atoms with E-state index < -0.39 is 6.10 Å². The first-order valence-corrected chi connectivity index (χ1v) is 7.19. The van der Waals surface area contributed by atoms with E-state index >= 15 is 0 Å². The predicted octanol–water partition coefficient (Wildman–Crippen LogP) is 3.38. The van der Waals surface area contributed by atoms with Gasteiger partial charge in [0.2, 0.25) is 0 Å². The zero-order chi connectivity index (χ0) is 15.9. The summed E-state index contributed by atoms with van der Waals surface area (Å²) in [5.41, 5.74) is 1.41. The summed E-state index contributed by atoms with van der Waals surface area (Å²) in [5.74, 6) is 0.474. The summed E-state index contributed by atoms with van der Waals surface area (Å²) in [7, 11) is 0. The summed E-state index contributed by atoms with van der Waals surface area (Å²) in [6, 6.07) is 18.3. The van der Waals surface area contributed by atoms with Gasteiger partial charge in [0.1, 0.15) is 5.75 Å². The molecule has 0 aromatic heterocycles. The Morgan fingerprint density at radius 2 is 1.82 bits per heavy atom. The number of rotatable bonds is 5. The molecule has 2 aromatic rings. The first-order chi connectivity index (χ1) is 10.7. The van der Waals surface area contributed by atoms with Crippen LogP contribution in [-0.4, -0.2) is 18.6 Å². The Balaban J connectivity index is 2.08. The van der Waals surface area contributed by atoms with Gasteiger partial charge in [0, 0.05) is 12.2 Å². The van der Waals surface area contributed by atoms with Crippen LogP contribution in [0.15, 0.2) is 54.6 Å².